The van der Waals surface area contributed by atoms with Crippen LogP contribution in [0.4, 0.5) is 4.79 Å². The van der Waals surface area contributed by atoms with Gasteiger partial charge in [-0.25, -0.2) is 14.6 Å². The van der Waals surface area contributed by atoms with Crippen molar-refractivity contribution in [3.63, 3.8) is 0 Å². The SMILES string of the molecule is CC=C(NC(=O)c1csc(CNC(=O)OC(C)(C)C)n1)C(=O)N[C@@H](Cc1cccc2ccccc12)C(=O)O[C@H](C=CCCSC(=O)CCCCCCC)CC(=O)OCC[Si](C)(C)C. The highest BCUT2D eigenvalue weighted by Gasteiger charge is 2.29. The summed E-state index contributed by atoms with van der Waals surface area (Å²) in [5.41, 5.74) is -0.0221. The fourth-order valence-corrected chi connectivity index (χ4v) is 8.23. The third-order valence-corrected chi connectivity index (χ3v) is 12.9. The largest absolute Gasteiger partial charge is 0.466 e. The standard InChI is InChI=1S/C47H66N4O9S2Si/c1-9-11-12-13-14-25-42(53)61-27-18-17-23-35(30-41(52)58-26-28-63(6,7)8)59-45(56)38(29-34-22-19-21-33-20-15-16-24-36(33)34)51-43(54)37(10-2)50-44(55)39-32-62-40(49-39)31-48-46(57)60-47(3,4)5/h10,15-17,19-24,32,35,38H,9,11-14,18,25-31H2,1-8H3,(H,48,57)(H,50,55)(H,51,54)/t35-,38+/m1/s1. The molecular formula is C47H66N4O9S2Si. The number of hydrogen-bond acceptors (Lipinski definition) is 12. The first-order chi connectivity index (χ1) is 29.9. The van der Waals surface area contributed by atoms with E-state index in [1.165, 1.54) is 29.6 Å². The van der Waals surface area contributed by atoms with Crippen LogP contribution in [0.25, 0.3) is 10.8 Å². The van der Waals surface area contributed by atoms with Gasteiger partial charge in [0.15, 0.2) is 5.12 Å². The molecule has 2 atom stereocenters. The number of benzene rings is 2. The Morgan fingerprint density at radius 3 is 2.41 bits per heavy atom. The average molecular weight is 923 g/mol. The van der Waals surface area contributed by atoms with Crippen LogP contribution in [0.15, 0.2) is 71.8 Å². The number of aromatic nitrogens is 1. The first kappa shape index (κ1) is 52.5. The molecule has 0 aliphatic carbocycles. The topological polar surface area (TPSA) is 179 Å². The van der Waals surface area contributed by atoms with Gasteiger partial charge in [0.05, 0.1) is 19.6 Å². The zero-order chi connectivity index (χ0) is 46.4. The van der Waals surface area contributed by atoms with Gasteiger partial charge in [0.1, 0.15) is 34.1 Å². The van der Waals surface area contributed by atoms with Crippen molar-refractivity contribution in [1.82, 2.24) is 20.9 Å². The molecule has 3 N–H and O–H groups in total. The van der Waals surface area contributed by atoms with E-state index in [0.717, 1.165) is 59.4 Å². The Hall–Kier alpha value is -4.80. The molecule has 0 radical (unpaired) electrons. The van der Waals surface area contributed by atoms with Gasteiger partial charge in [0.2, 0.25) is 0 Å². The highest BCUT2D eigenvalue weighted by Crippen LogP contribution is 2.22. The van der Waals surface area contributed by atoms with Gasteiger partial charge in [-0.15, -0.1) is 11.3 Å². The molecule has 0 unspecified atom stereocenters. The number of carbonyl (C=O) groups excluding carboxylic acids is 6. The predicted octanol–water partition coefficient (Wildman–Crippen LogP) is 9.43. The number of nitrogens with one attached hydrogen (secondary N) is 3. The molecule has 0 fully saturated rings. The number of thiazole rings is 1. The number of esters is 2. The van der Waals surface area contributed by atoms with Crippen molar-refractivity contribution >= 4 is 76.9 Å². The number of amides is 3. The molecule has 0 aliphatic heterocycles. The maximum Gasteiger partial charge on any atom is 0.408 e. The van der Waals surface area contributed by atoms with E-state index in [2.05, 4.69) is 47.5 Å². The van der Waals surface area contributed by atoms with Crippen LogP contribution in [0.3, 0.4) is 0 Å². The van der Waals surface area contributed by atoms with Crippen molar-refractivity contribution in [2.45, 2.75) is 142 Å². The van der Waals surface area contributed by atoms with Crippen molar-refractivity contribution in [3.05, 3.63) is 88.0 Å². The van der Waals surface area contributed by atoms with Crippen LogP contribution in [-0.4, -0.2) is 78.1 Å². The predicted molar refractivity (Wildman–Crippen MR) is 254 cm³/mol. The van der Waals surface area contributed by atoms with E-state index in [1.54, 1.807) is 39.8 Å². The summed E-state index contributed by atoms with van der Waals surface area (Å²) in [5, 5.41) is 11.9. The normalized spacial score (nSPS) is 13.0. The molecule has 3 aromatic rings. The van der Waals surface area contributed by atoms with E-state index in [0.29, 0.717) is 23.6 Å². The second-order valence-corrected chi connectivity index (χ2v) is 25.0. The maximum absolute atomic E-state index is 14.2. The number of allylic oxidation sites excluding steroid dienone is 2. The molecule has 2 aromatic carbocycles. The Morgan fingerprint density at radius 1 is 0.968 bits per heavy atom. The zero-order valence-electron chi connectivity index (χ0n) is 38.1. The Bertz CT molecular complexity index is 2050. The lowest BCUT2D eigenvalue weighted by Crippen LogP contribution is -2.47. The number of unbranched alkanes of at least 4 members (excludes halogenated alkanes) is 4. The third kappa shape index (κ3) is 21.0. The van der Waals surface area contributed by atoms with Crippen molar-refractivity contribution < 1.29 is 43.0 Å². The van der Waals surface area contributed by atoms with Gasteiger partial charge in [-0.2, -0.15) is 0 Å². The van der Waals surface area contributed by atoms with Gasteiger partial charge < -0.3 is 30.2 Å². The summed E-state index contributed by atoms with van der Waals surface area (Å²) in [6, 6.07) is 12.9. The number of hydrogen-bond donors (Lipinski definition) is 3. The zero-order valence-corrected chi connectivity index (χ0v) is 40.8. The molecule has 344 valence electrons. The smallest absolute Gasteiger partial charge is 0.408 e. The van der Waals surface area contributed by atoms with Gasteiger partial charge in [-0.3, -0.25) is 19.2 Å². The highest BCUT2D eigenvalue weighted by molar-refractivity contribution is 8.13. The van der Waals surface area contributed by atoms with E-state index in [4.69, 9.17) is 14.2 Å². The fraction of sp³-hybridized carbons (Fsp3) is 0.511. The second-order valence-electron chi connectivity index (χ2n) is 17.3. The molecule has 16 heteroatoms. The van der Waals surface area contributed by atoms with Crippen LogP contribution in [0.2, 0.25) is 25.7 Å². The third-order valence-electron chi connectivity index (χ3n) is 9.38. The monoisotopic (exact) mass is 922 g/mol. The highest BCUT2D eigenvalue weighted by atomic mass is 32.2. The summed E-state index contributed by atoms with van der Waals surface area (Å²) in [7, 11) is -1.49. The summed E-state index contributed by atoms with van der Waals surface area (Å²) in [6.45, 7) is 15.8. The van der Waals surface area contributed by atoms with Gasteiger partial charge in [0.25, 0.3) is 11.8 Å². The summed E-state index contributed by atoms with van der Waals surface area (Å²) in [5.74, 6) is -2.20. The molecule has 0 saturated carbocycles. The number of ether oxygens (including phenoxy) is 3. The fourth-order valence-electron chi connectivity index (χ4n) is 6.03. The van der Waals surface area contributed by atoms with E-state index in [-0.39, 0.29) is 42.5 Å². The molecule has 13 nitrogen and oxygen atoms in total. The Kier molecular flexibility index (Phi) is 22.3. The van der Waals surface area contributed by atoms with Crippen molar-refractivity contribution in [2.24, 2.45) is 0 Å². The second kappa shape index (κ2) is 26.7. The maximum atomic E-state index is 14.2. The minimum atomic E-state index is -1.49. The molecule has 63 heavy (non-hydrogen) atoms. The van der Waals surface area contributed by atoms with Crippen LogP contribution >= 0.6 is 23.1 Å². The molecule has 3 amide bonds. The number of rotatable bonds is 25. The Morgan fingerprint density at radius 2 is 1.70 bits per heavy atom. The van der Waals surface area contributed by atoms with Crippen LogP contribution in [0.1, 0.15) is 107 Å². The molecule has 1 aromatic heterocycles. The lowest BCUT2D eigenvalue weighted by Gasteiger charge is -2.22. The minimum Gasteiger partial charge on any atom is -0.466 e. The molecule has 3 rings (SSSR count). The number of fused-ring (bicyclic) bond motifs is 1. The van der Waals surface area contributed by atoms with Crippen molar-refractivity contribution in [3.8, 4) is 0 Å². The number of carbonyl (C=O) groups is 6. The van der Waals surface area contributed by atoms with E-state index >= 15 is 0 Å². The molecule has 0 bridgehead atoms. The first-order valence-corrected chi connectivity index (χ1v) is 27.3. The molecule has 0 saturated heterocycles. The number of alkyl carbamates (subject to hydrolysis) is 1. The van der Waals surface area contributed by atoms with Gasteiger partial charge >= 0.3 is 18.0 Å². The lowest BCUT2D eigenvalue weighted by atomic mass is 9.98. The first-order valence-electron chi connectivity index (χ1n) is 21.7. The van der Waals surface area contributed by atoms with Gasteiger partial charge in [-0.05, 0) is 69.0 Å². The van der Waals surface area contributed by atoms with Crippen LogP contribution in [0, 0.1) is 0 Å². The number of nitrogens with zero attached hydrogens (tertiary/aromatic N) is 1. The van der Waals surface area contributed by atoms with Crippen LogP contribution in [0.5, 0.6) is 0 Å². The van der Waals surface area contributed by atoms with Crippen molar-refractivity contribution in [1.29, 1.82) is 0 Å². The van der Waals surface area contributed by atoms with Gasteiger partial charge in [-0.1, -0.05) is 119 Å². The van der Waals surface area contributed by atoms with E-state index < -0.39 is 55.7 Å². The molecule has 0 aliphatic rings. The Balaban J connectivity index is 1.78. The molecular weight excluding hydrogens is 857 g/mol. The summed E-state index contributed by atoms with van der Waals surface area (Å²) in [4.78, 5) is 83.3. The molecule has 1 heterocycles. The minimum absolute atomic E-state index is 0.0244. The quantitative estimate of drug-likeness (QED) is 0.0184. The Labute approximate surface area is 382 Å². The summed E-state index contributed by atoms with van der Waals surface area (Å²) < 4.78 is 16.8. The lowest BCUT2D eigenvalue weighted by molar-refractivity contribution is -0.155. The van der Waals surface area contributed by atoms with Crippen LogP contribution < -0.4 is 16.0 Å². The number of thioether (sulfide) groups is 1. The average Bonchev–Trinajstić information content (AvgIpc) is 3.70. The van der Waals surface area contributed by atoms with Gasteiger partial charge in [0, 0.05) is 32.0 Å². The van der Waals surface area contributed by atoms with E-state index in [9.17, 15) is 28.8 Å². The van der Waals surface area contributed by atoms with Crippen LogP contribution in [-0.2, 0) is 46.4 Å². The van der Waals surface area contributed by atoms with E-state index in [1.807, 2.05) is 42.5 Å². The summed E-state index contributed by atoms with van der Waals surface area (Å²) >= 11 is 2.42. The molecule has 0 spiro atoms. The van der Waals surface area contributed by atoms with Crippen molar-refractivity contribution in [2.75, 3.05) is 12.4 Å². The summed E-state index contributed by atoms with van der Waals surface area (Å²) in [6.07, 6.45) is 9.37.